The Bertz CT molecular complexity index is 728. The molecule has 2 rings (SSSR count). The molecule has 2 amide bonds. The van der Waals surface area contributed by atoms with Gasteiger partial charge in [-0.2, -0.15) is 0 Å². The quantitative estimate of drug-likeness (QED) is 0.174. The summed E-state index contributed by atoms with van der Waals surface area (Å²) in [5.41, 5.74) is 4.65. The van der Waals surface area contributed by atoms with E-state index in [9.17, 15) is 23.1 Å². The average molecular weight is 469 g/mol. The Balaban J connectivity index is 1.97. The number of hydrogen-bond donors (Lipinski definition) is 3. The van der Waals surface area contributed by atoms with Gasteiger partial charge in [0.25, 0.3) is 5.91 Å². The van der Waals surface area contributed by atoms with Crippen LogP contribution < -0.4 is 15.8 Å². The van der Waals surface area contributed by atoms with E-state index in [0.29, 0.717) is 32.1 Å². The van der Waals surface area contributed by atoms with Crippen LogP contribution in [-0.2, 0) is 25.7 Å². The number of unbranched alkanes of at least 4 members (excludes halogenated alkanes) is 2. The molecule has 2 saturated carbocycles. The van der Waals surface area contributed by atoms with Crippen LogP contribution in [0, 0.1) is 17.8 Å². The van der Waals surface area contributed by atoms with E-state index in [1.165, 1.54) is 0 Å². The van der Waals surface area contributed by atoms with Crippen LogP contribution in [0.1, 0.15) is 84.5 Å². The largest absolute Gasteiger partial charge is 0.755 e. The molecule has 0 radical (unpaired) electrons. The fourth-order valence-corrected chi connectivity index (χ4v) is 4.89. The normalized spacial score (nSPS) is 29.7. The predicted octanol–water partition coefficient (Wildman–Crippen LogP) is 2.41. The zero-order valence-corrected chi connectivity index (χ0v) is 20.1. The van der Waals surface area contributed by atoms with Crippen LogP contribution in [-0.4, -0.2) is 37.9 Å². The Morgan fingerprint density at radius 2 is 1.97 bits per heavy atom. The van der Waals surface area contributed by atoms with E-state index in [1.54, 1.807) is 0 Å². The van der Waals surface area contributed by atoms with Crippen molar-refractivity contribution in [2.24, 2.45) is 23.5 Å². The molecule has 0 aliphatic heterocycles. The minimum atomic E-state index is -2.73. The molecule has 0 bridgehead atoms. The zero-order chi connectivity index (χ0) is 23.7. The highest BCUT2D eigenvalue weighted by Crippen LogP contribution is 2.45. The highest BCUT2D eigenvalue weighted by Gasteiger charge is 2.60. The maximum absolute atomic E-state index is 13.0. The Morgan fingerprint density at radius 1 is 1.22 bits per heavy atom. The number of allylic oxidation sites excluding steroid dienone is 1. The summed E-state index contributed by atoms with van der Waals surface area (Å²) in [6.45, 7) is 3.99. The van der Waals surface area contributed by atoms with E-state index in [-0.39, 0.29) is 29.4 Å². The lowest BCUT2D eigenvalue weighted by molar-refractivity contribution is -0.131. The summed E-state index contributed by atoms with van der Waals surface area (Å²) in [5.74, 6) is -1.04. The first kappa shape index (κ1) is 26.7. The van der Waals surface area contributed by atoms with Gasteiger partial charge in [-0.05, 0) is 50.9 Å². The lowest BCUT2D eigenvalue weighted by Crippen LogP contribution is -2.52. The molecule has 0 aromatic rings. The number of rotatable bonds is 12. The molecule has 32 heavy (non-hydrogen) atoms. The molecular weight excluding hydrogens is 430 g/mol. The Hall–Kier alpha value is -1.58. The first-order valence-electron chi connectivity index (χ1n) is 11.9. The summed E-state index contributed by atoms with van der Waals surface area (Å²) in [4.78, 5) is 37.8. The third-order valence-corrected chi connectivity index (χ3v) is 7.19. The van der Waals surface area contributed by atoms with E-state index < -0.39 is 28.8 Å². The number of nitrogens with one attached hydrogen (secondary N) is 2. The van der Waals surface area contributed by atoms with Crippen molar-refractivity contribution in [2.75, 3.05) is 0 Å². The highest BCUT2D eigenvalue weighted by atomic mass is 32.2. The van der Waals surface area contributed by atoms with Crippen molar-refractivity contribution in [2.45, 2.75) is 96.1 Å². The number of nitrogens with two attached hydrogens (primary N) is 1. The van der Waals surface area contributed by atoms with E-state index in [1.807, 2.05) is 23.8 Å². The monoisotopic (exact) mass is 468 g/mol. The first-order valence-corrected chi connectivity index (χ1v) is 13.0. The molecular formula is C23H38N3O5S-. The second kappa shape index (κ2) is 12.6. The summed E-state index contributed by atoms with van der Waals surface area (Å²) in [7, 11) is 0. The molecule has 2 aliphatic carbocycles. The third-order valence-electron chi connectivity index (χ3n) is 6.84. The first-order chi connectivity index (χ1) is 15.2. The van der Waals surface area contributed by atoms with Gasteiger partial charge >= 0.3 is 0 Å². The number of carbonyl (C=O) groups excluding carboxylic acids is 3. The van der Waals surface area contributed by atoms with E-state index in [4.69, 9.17) is 5.73 Å². The van der Waals surface area contributed by atoms with Gasteiger partial charge in [0.2, 0.25) is 5.91 Å². The molecule has 8 nitrogen and oxygen atoms in total. The van der Waals surface area contributed by atoms with Crippen molar-refractivity contribution in [3.8, 4) is 0 Å². The van der Waals surface area contributed by atoms with Gasteiger partial charge in [0.1, 0.15) is 11.3 Å². The predicted molar refractivity (Wildman–Crippen MR) is 123 cm³/mol. The van der Waals surface area contributed by atoms with Crippen LogP contribution in [0.5, 0.6) is 0 Å². The molecule has 4 N–H and O–H groups in total. The van der Waals surface area contributed by atoms with Gasteiger partial charge in [-0.15, -0.1) is 0 Å². The van der Waals surface area contributed by atoms with Crippen molar-refractivity contribution >= 4 is 28.9 Å². The fraction of sp³-hybridized carbons (Fsp3) is 0.783. The highest BCUT2D eigenvalue weighted by molar-refractivity contribution is 7.77. The Labute approximate surface area is 194 Å². The van der Waals surface area contributed by atoms with Gasteiger partial charge in [0.15, 0.2) is 0 Å². The summed E-state index contributed by atoms with van der Waals surface area (Å²) in [6, 6.07) is -0.417. The van der Waals surface area contributed by atoms with Crippen LogP contribution in [0.3, 0.4) is 0 Å². The van der Waals surface area contributed by atoms with Gasteiger partial charge in [-0.1, -0.05) is 45.3 Å². The van der Waals surface area contributed by atoms with Crippen LogP contribution >= 0.6 is 0 Å². The van der Waals surface area contributed by atoms with Gasteiger partial charge in [-0.3, -0.25) is 23.3 Å². The molecule has 0 spiro atoms. The lowest BCUT2D eigenvalue weighted by atomic mass is 9.91. The molecule has 0 saturated heterocycles. The molecule has 0 heterocycles. The molecule has 6 atom stereocenters. The van der Waals surface area contributed by atoms with Crippen LogP contribution in [0.4, 0.5) is 0 Å². The van der Waals surface area contributed by atoms with Gasteiger partial charge in [0, 0.05) is 29.5 Å². The minimum absolute atomic E-state index is 0.0809. The molecule has 0 aromatic carbocycles. The SMILES string of the molecule is CCCCC=CC1CC1(NC(=O)C1CCCC(CC(=O)C(N)CC)CC1)C(=O)NS(=O)[O-]. The van der Waals surface area contributed by atoms with Crippen LogP contribution in [0.15, 0.2) is 12.2 Å². The number of hydrogen-bond acceptors (Lipinski definition) is 6. The number of amides is 2. The van der Waals surface area contributed by atoms with Crippen molar-refractivity contribution in [3.05, 3.63) is 12.2 Å². The number of carbonyl (C=O) groups is 3. The van der Waals surface area contributed by atoms with E-state index in [2.05, 4.69) is 12.2 Å². The standard InChI is InChI=1S/C23H39N3O5S/c1-3-5-6-7-11-18-15-23(18,22(29)26-32(30)31)25-21(28)17-10-8-9-16(12-13-17)14-20(27)19(24)4-2/h7,11,16-19H,3-6,8-10,12-15,24H2,1-2H3,(H,25,28)(H,26,29)(H,30,31)/p-1. The van der Waals surface area contributed by atoms with Gasteiger partial charge in [-0.25, -0.2) is 0 Å². The zero-order valence-electron chi connectivity index (χ0n) is 19.3. The van der Waals surface area contributed by atoms with E-state index in [0.717, 1.165) is 38.5 Å². The van der Waals surface area contributed by atoms with Crippen molar-refractivity contribution in [3.63, 3.8) is 0 Å². The number of Topliss-reactive ketones (excluding diaryl/α,β-unsaturated/α-hetero) is 1. The Kier molecular flexibility index (Phi) is 10.5. The summed E-state index contributed by atoms with van der Waals surface area (Å²) < 4.78 is 24.0. The molecule has 9 heteroatoms. The Morgan fingerprint density at radius 3 is 2.62 bits per heavy atom. The molecule has 0 aromatic heterocycles. The number of ketones is 1. The van der Waals surface area contributed by atoms with Crippen molar-refractivity contribution in [1.29, 1.82) is 0 Å². The molecule has 6 unspecified atom stereocenters. The van der Waals surface area contributed by atoms with Crippen molar-refractivity contribution in [1.82, 2.24) is 10.0 Å². The minimum Gasteiger partial charge on any atom is -0.755 e. The lowest BCUT2D eigenvalue weighted by Gasteiger charge is -2.22. The summed E-state index contributed by atoms with van der Waals surface area (Å²) in [6.07, 6.45) is 12.2. The van der Waals surface area contributed by atoms with Crippen LogP contribution in [0.2, 0.25) is 0 Å². The van der Waals surface area contributed by atoms with Crippen molar-refractivity contribution < 1.29 is 23.1 Å². The molecule has 182 valence electrons. The van der Waals surface area contributed by atoms with Crippen LogP contribution in [0.25, 0.3) is 0 Å². The topological polar surface area (TPSA) is 141 Å². The summed E-state index contributed by atoms with van der Waals surface area (Å²) in [5, 5.41) is 2.88. The summed E-state index contributed by atoms with van der Waals surface area (Å²) >= 11 is -2.73. The van der Waals surface area contributed by atoms with Gasteiger partial charge in [0.05, 0.1) is 6.04 Å². The van der Waals surface area contributed by atoms with Gasteiger partial charge < -0.3 is 15.6 Å². The smallest absolute Gasteiger partial charge is 0.257 e. The third kappa shape index (κ3) is 7.49. The molecule has 2 aliphatic rings. The second-order valence-corrected chi connectivity index (χ2v) is 9.94. The maximum atomic E-state index is 13.0. The average Bonchev–Trinajstić information content (AvgIpc) is 3.49. The van der Waals surface area contributed by atoms with E-state index >= 15 is 0 Å². The maximum Gasteiger partial charge on any atom is 0.257 e. The fourth-order valence-electron chi connectivity index (χ4n) is 4.56. The molecule has 2 fully saturated rings. The second-order valence-electron chi connectivity index (χ2n) is 9.26.